The Labute approximate surface area is 178 Å². The van der Waals surface area contributed by atoms with Crippen molar-refractivity contribution >= 4 is 23.0 Å². The largest absolute Gasteiger partial charge is 0.503 e. The minimum Gasteiger partial charge on any atom is -0.503 e. The Hall–Kier alpha value is -3.38. The molecule has 0 radical (unpaired) electrons. The number of carbonyl (C=O) groups is 2. The van der Waals surface area contributed by atoms with Gasteiger partial charge in [-0.3, -0.25) is 9.59 Å². The molecule has 5 nitrogen and oxygen atoms in total. The van der Waals surface area contributed by atoms with Crippen LogP contribution in [0.3, 0.4) is 0 Å². The number of aliphatic hydroxyl groups is 1. The molecule has 0 unspecified atom stereocenters. The molecule has 0 fully saturated rings. The maximum Gasteiger partial charge on any atom is 0.290 e. The lowest BCUT2D eigenvalue weighted by molar-refractivity contribution is -0.129. The second kappa shape index (κ2) is 8.55. The molecule has 3 aromatic rings. The van der Waals surface area contributed by atoms with E-state index in [1.54, 1.807) is 41.7 Å². The van der Waals surface area contributed by atoms with Gasteiger partial charge in [-0.05, 0) is 41.1 Å². The molecule has 30 heavy (non-hydrogen) atoms. The normalized spacial score (nSPS) is 16.2. The maximum absolute atomic E-state index is 13.2. The summed E-state index contributed by atoms with van der Waals surface area (Å²) in [6.07, 6.45) is 0.618. The second-order valence-electron chi connectivity index (χ2n) is 6.98. The molecule has 0 spiro atoms. The van der Waals surface area contributed by atoms with Gasteiger partial charge < -0.3 is 14.7 Å². The molecule has 1 aliphatic heterocycles. The van der Waals surface area contributed by atoms with Gasteiger partial charge in [0.15, 0.2) is 5.76 Å². The van der Waals surface area contributed by atoms with Crippen LogP contribution < -0.4 is 4.74 Å². The zero-order valence-corrected chi connectivity index (χ0v) is 17.3. The highest BCUT2D eigenvalue weighted by Crippen LogP contribution is 2.40. The summed E-state index contributed by atoms with van der Waals surface area (Å²) in [6.45, 7) is 0.380. The van der Waals surface area contributed by atoms with Crippen molar-refractivity contribution < 1.29 is 19.4 Å². The van der Waals surface area contributed by atoms with Crippen molar-refractivity contribution in [3.8, 4) is 5.75 Å². The summed E-state index contributed by atoms with van der Waals surface area (Å²) in [4.78, 5) is 28.2. The summed E-state index contributed by atoms with van der Waals surface area (Å²) >= 11 is 1.29. The lowest BCUT2D eigenvalue weighted by atomic mass is 9.95. The van der Waals surface area contributed by atoms with E-state index in [0.29, 0.717) is 23.6 Å². The fraction of sp³-hybridized carbons (Fsp3) is 0.167. The van der Waals surface area contributed by atoms with Crippen molar-refractivity contribution in [2.75, 3.05) is 13.7 Å². The number of hydrogen-bond donors (Lipinski definition) is 1. The van der Waals surface area contributed by atoms with Gasteiger partial charge in [0, 0.05) is 6.54 Å². The number of nitrogens with zero attached hydrogens (tertiary/aromatic N) is 1. The first-order chi connectivity index (χ1) is 14.6. The Kier molecular flexibility index (Phi) is 5.68. The van der Waals surface area contributed by atoms with Crippen molar-refractivity contribution in [3.05, 3.63) is 99.4 Å². The van der Waals surface area contributed by atoms with Crippen LogP contribution in [0.4, 0.5) is 0 Å². The van der Waals surface area contributed by atoms with Crippen LogP contribution in [-0.4, -0.2) is 35.4 Å². The van der Waals surface area contributed by atoms with Crippen LogP contribution in [0.15, 0.2) is 83.4 Å². The molecule has 0 bridgehead atoms. The smallest absolute Gasteiger partial charge is 0.290 e. The van der Waals surface area contributed by atoms with Gasteiger partial charge in [0.2, 0.25) is 5.78 Å². The monoisotopic (exact) mass is 419 g/mol. The zero-order valence-electron chi connectivity index (χ0n) is 16.4. The first kappa shape index (κ1) is 19.9. The molecule has 1 N–H and O–H groups in total. The summed E-state index contributed by atoms with van der Waals surface area (Å²) in [7, 11) is 1.58. The number of ketones is 1. The van der Waals surface area contributed by atoms with Crippen molar-refractivity contribution in [2.24, 2.45) is 0 Å². The minimum atomic E-state index is -0.651. The molecule has 6 heteroatoms. The van der Waals surface area contributed by atoms with E-state index in [2.05, 4.69) is 0 Å². The maximum atomic E-state index is 13.2. The van der Waals surface area contributed by atoms with Crippen molar-refractivity contribution in [2.45, 2.75) is 12.5 Å². The third kappa shape index (κ3) is 3.74. The first-order valence-corrected chi connectivity index (χ1v) is 10.5. The number of carbonyl (C=O) groups excluding carboxylic acids is 2. The van der Waals surface area contributed by atoms with E-state index in [-0.39, 0.29) is 11.4 Å². The number of methoxy groups -OCH3 is 1. The van der Waals surface area contributed by atoms with E-state index in [9.17, 15) is 14.7 Å². The third-order valence-electron chi connectivity index (χ3n) is 5.21. The highest BCUT2D eigenvalue weighted by Gasteiger charge is 2.43. The lowest BCUT2D eigenvalue weighted by Gasteiger charge is -2.27. The second-order valence-corrected chi connectivity index (χ2v) is 7.93. The summed E-state index contributed by atoms with van der Waals surface area (Å²) in [5.41, 5.74) is 1.96. The fourth-order valence-electron chi connectivity index (χ4n) is 3.68. The molecule has 2 aromatic carbocycles. The Morgan fingerprint density at radius 1 is 1.07 bits per heavy atom. The first-order valence-electron chi connectivity index (χ1n) is 9.60. The quantitative estimate of drug-likeness (QED) is 0.570. The van der Waals surface area contributed by atoms with E-state index in [1.165, 1.54) is 11.3 Å². The summed E-state index contributed by atoms with van der Waals surface area (Å²) < 4.78 is 5.23. The number of aliphatic hydroxyl groups excluding tert-OH is 1. The van der Waals surface area contributed by atoms with E-state index in [0.717, 1.165) is 11.1 Å². The van der Waals surface area contributed by atoms with Gasteiger partial charge in [-0.2, -0.15) is 0 Å². The Balaban J connectivity index is 1.71. The predicted octanol–water partition coefficient (Wildman–Crippen LogP) is 4.58. The van der Waals surface area contributed by atoms with E-state index in [4.69, 9.17) is 4.74 Å². The molecule has 4 rings (SSSR count). The predicted molar refractivity (Wildman–Crippen MR) is 116 cm³/mol. The van der Waals surface area contributed by atoms with E-state index in [1.807, 2.05) is 42.5 Å². The van der Waals surface area contributed by atoms with Crippen molar-refractivity contribution in [3.63, 3.8) is 0 Å². The highest BCUT2D eigenvalue weighted by molar-refractivity contribution is 7.12. The van der Waals surface area contributed by atoms with Crippen LogP contribution in [0.1, 0.15) is 26.8 Å². The molecule has 2 heterocycles. The number of Topliss-reactive ketones (excluding diaryl/α,β-unsaturated/α-hetero) is 1. The number of benzene rings is 2. The summed E-state index contributed by atoms with van der Waals surface area (Å²) in [5.74, 6) is -0.633. The Morgan fingerprint density at radius 3 is 2.43 bits per heavy atom. The van der Waals surface area contributed by atoms with Gasteiger partial charge >= 0.3 is 0 Å². The fourth-order valence-corrected chi connectivity index (χ4v) is 4.36. The van der Waals surface area contributed by atoms with Gasteiger partial charge in [-0.25, -0.2) is 0 Å². The van der Waals surface area contributed by atoms with Gasteiger partial charge in [0.05, 0.1) is 23.6 Å². The number of rotatable bonds is 7. The molecule has 152 valence electrons. The number of hydrogen-bond acceptors (Lipinski definition) is 5. The molecule has 0 aliphatic carbocycles. The van der Waals surface area contributed by atoms with Crippen molar-refractivity contribution in [1.29, 1.82) is 0 Å². The van der Waals surface area contributed by atoms with Gasteiger partial charge in [0.1, 0.15) is 5.75 Å². The molecular weight excluding hydrogens is 398 g/mol. The number of amides is 1. The van der Waals surface area contributed by atoms with Crippen LogP contribution >= 0.6 is 11.3 Å². The minimum absolute atomic E-state index is 0.126. The topological polar surface area (TPSA) is 66.8 Å². The van der Waals surface area contributed by atoms with Crippen molar-refractivity contribution in [1.82, 2.24) is 4.90 Å². The van der Waals surface area contributed by atoms with Gasteiger partial charge in [-0.15, -0.1) is 11.3 Å². The molecule has 1 atom stereocenters. The molecule has 0 saturated heterocycles. The Bertz CT molecular complexity index is 1070. The highest BCUT2D eigenvalue weighted by atomic mass is 32.1. The molecular formula is C24H21NO4S. The van der Waals surface area contributed by atoms with Crippen LogP contribution in [0.25, 0.3) is 0 Å². The van der Waals surface area contributed by atoms with E-state index < -0.39 is 17.7 Å². The Morgan fingerprint density at radius 2 is 1.80 bits per heavy atom. The SMILES string of the molecule is COc1ccc([C@H]2C(C(=O)c3cccs3)=C(O)C(=O)N2CCc2ccccc2)cc1. The van der Waals surface area contributed by atoms with E-state index >= 15 is 0 Å². The standard InChI is InChI=1S/C24H21NO4S/c1-29-18-11-9-17(10-12-18)21-20(22(26)19-8-5-15-30-19)23(27)24(28)25(21)14-13-16-6-3-2-4-7-16/h2-12,15,21,27H,13-14H2,1H3/t21-/m0/s1. The third-order valence-corrected chi connectivity index (χ3v) is 6.08. The van der Waals surface area contributed by atoms with Crippen LogP contribution in [0, 0.1) is 0 Å². The lowest BCUT2D eigenvalue weighted by Crippen LogP contribution is -2.33. The van der Waals surface area contributed by atoms with Crippen LogP contribution in [0.5, 0.6) is 5.75 Å². The molecule has 1 aliphatic rings. The van der Waals surface area contributed by atoms with Crippen LogP contribution in [0.2, 0.25) is 0 Å². The number of thiophene rings is 1. The van der Waals surface area contributed by atoms with Gasteiger partial charge in [0.25, 0.3) is 5.91 Å². The summed E-state index contributed by atoms with van der Waals surface area (Å²) in [5, 5.41) is 12.5. The molecule has 1 amide bonds. The summed E-state index contributed by atoms with van der Waals surface area (Å²) in [6, 6.07) is 19.9. The zero-order chi connectivity index (χ0) is 21.1. The van der Waals surface area contributed by atoms with Gasteiger partial charge in [-0.1, -0.05) is 48.5 Å². The molecule has 1 aromatic heterocycles. The average molecular weight is 420 g/mol. The number of ether oxygens (including phenoxy) is 1. The average Bonchev–Trinajstić information content (AvgIpc) is 3.41. The molecule has 0 saturated carbocycles. The van der Waals surface area contributed by atoms with Crippen LogP contribution in [-0.2, 0) is 11.2 Å².